The number of amides is 1. The van der Waals surface area contributed by atoms with Gasteiger partial charge in [0.15, 0.2) is 0 Å². The van der Waals surface area contributed by atoms with Gasteiger partial charge in [-0.15, -0.1) is 11.3 Å². The highest BCUT2D eigenvalue weighted by Crippen LogP contribution is 2.25. The smallest absolute Gasteiger partial charge is 0.267 e. The van der Waals surface area contributed by atoms with Crippen LogP contribution in [0.2, 0.25) is 0 Å². The number of H-pyrrole nitrogens is 1. The van der Waals surface area contributed by atoms with Gasteiger partial charge in [-0.05, 0) is 11.4 Å². The fraction of sp³-hybridized carbons (Fsp3) is 0.273. The molecular formula is C11H13N3O2S. The molecular weight excluding hydrogens is 238 g/mol. The summed E-state index contributed by atoms with van der Waals surface area (Å²) < 4.78 is 5.14. The number of methoxy groups -OCH3 is 1. The molecule has 0 saturated heterocycles. The fourth-order valence-electron chi connectivity index (χ4n) is 1.50. The predicted molar refractivity (Wildman–Crippen MR) is 65.3 cm³/mol. The SMILES string of the molecule is COc1ccsc1C(=O)N(C)Cc1cn[nH]c1. The quantitative estimate of drug-likeness (QED) is 0.900. The first kappa shape index (κ1) is 11.7. The third kappa shape index (κ3) is 2.47. The minimum atomic E-state index is -0.0435. The van der Waals surface area contributed by atoms with Gasteiger partial charge in [0.1, 0.15) is 10.6 Å². The number of thiophene rings is 1. The molecule has 2 aromatic heterocycles. The minimum absolute atomic E-state index is 0.0435. The first-order chi connectivity index (χ1) is 8.22. The zero-order chi connectivity index (χ0) is 12.3. The van der Waals surface area contributed by atoms with Crippen LogP contribution >= 0.6 is 11.3 Å². The molecule has 90 valence electrons. The van der Waals surface area contributed by atoms with Crippen LogP contribution in [0.1, 0.15) is 15.2 Å². The van der Waals surface area contributed by atoms with Crippen LogP contribution in [0.25, 0.3) is 0 Å². The largest absolute Gasteiger partial charge is 0.495 e. The molecule has 2 aromatic rings. The number of nitrogens with zero attached hydrogens (tertiary/aromatic N) is 2. The predicted octanol–water partition coefficient (Wildman–Crippen LogP) is 1.75. The third-order valence-electron chi connectivity index (χ3n) is 2.36. The van der Waals surface area contributed by atoms with E-state index in [1.807, 2.05) is 5.38 Å². The second kappa shape index (κ2) is 5.01. The molecule has 2 heterocycles. The van der Waals surface area contributed by atoms with Crippen molar-refractivity contribution < 1.29 is 9.53 Å². The average Bonchev–Trinajstić information content (AvgIpc) is 2.97. The molecule has 5 nitrogen and oxygen atoms in total. The summed E-state index contributed by atoms with van der Waals surface area (Å²) in [5.74, 6) is 0.581. The van der Waals surface area contributed by atoms with Crippen LogP contribution in [-0.2, 0) is 6.54 Å². The van der Waals surface area contributed by atoms with Crippen LogP contribution in [-0.4, -0.2) is 35.2 Å². The molecule has 0 aliphatic rings. The summed E-state index contributed by atoms with van der Waals surface area (Å²) in [5.41, 5.74) is 0.969. The van der Waals surface area contributed by atoms with E-state index in [-0.39, 0.29) is 5.91 Å². The Labute approximate surface area is 103 Å². The standard InChI is InChI=1S/C11H13N3O2S/c1-14(7-8-5-12-13-6-8)11(15)10-9(16-2)3-4-17-10/h3-6H,7H2,1-2H3,(H,12,13). The monoisotopic (exact) mass is 251 g/mol. The van der Waals surface area contributed by atoms with Gasteiger partial charge < -0.3 is 9.64 Å². The molecule has 0 saturated carbocycles. The van der Waals surface area contributed by atoms with E-state index in [2.05, 4.69) is 10.2 Å². The average molecular weight is 251 g/mol. The highest BCUT2D eigenvalue weighted by Gasteiger charge is 2.18. The van der Waals surface area contributed by atoms with Gasteiger partial charge in [0, 0.05) is 25.4 Å². The summed E-state index contributed by atoms with van der Waals surface area (Å²) in [4.78, 5) is 14.4. The second-order valence-electron chi connectivity index (χ2n) is 3.59. The summed E-state index contributed by atoms with van der Waals surface area (Å²) >= 11 is 1.38. The van der Waals surface area contributed by atoms with Crippen molar-refractivity contribution in [2.24, 2.45) is 0 Å². The van der Waals surface area contributed by atoms with Crippen LogP contribution in [0.4, 0.5) is 0 Å². The van der Waals surface area contributed by atoms with E-state index >= 15 is 0 Å². The Morgan fingerprint density at radius 2 is 2.47 bits per heavy atom. The number of carbonyl (C=O) groups is 1. The lowest BCUT2D eigenvalue weighted by molar-refractivity contribution is 0.0787. The first-order valence-electron chi connectivity index (χ1n) is 5.07. The van der Waals surface area contributed by atoms with Gasteiger partial charge in [-0.25, -0.2) is 0 Å². The van der Waals surface area contributed by atoms with Crippen LogP contribution in [0.15, 0.2) is 23.8 Å². The molecule has 0 fully saturated rings. The summed E-state index contributed by atoms with van der Waals surface area (Å²) in [6, 6.07) is 1.80. The van der Waals surface area contributed by atoms with Crippen molar-refractivity contribution in [3.05, 3.63) is 34.3 Å². The van der Waals surface area contributed by atoms with Crippen molar-refractivity contribution >= 4 is 17.2 Å². The van der Waals surface area contributed by atoms with E-state index in [0.717, 1.165) is 5.56 Å². The highest BCUT2D eigenvalue weighted by atomic mass is 32.1. The van der Waals surface area contributed by atoms with E-state index in [4.69, 9.17) is 4.74 Å². The zero-order valence-electron chi connectivity index (χ0n) is 9.64. The molecule has 17 heavy (non-hydrogen) atoms. The Kier molecular flexibility index (Phi) is 3.43. The van der Waals surface area contributed by atoms with Gasteiger partial charge in [-0.1, -0.05) is 0 Å². The lowest BCUT2D eigenvalue weighted by Gasteiger charge is -2.15. The summed E-state index contributed by atoms with van der Waals surface area (Å²) in [6.45, 7) is 0.524. The van der Waals surface area contributed by atoms with E-state index in [1.54, 1.807) is 37.5 Å². The number of aromatic nitrogens is 2. The topological polar surface area (TPSA) is 58.2 Å². The number of nitrogens with one attached hydrogen (secondary N) is 1. The van der Waals surface area contributed by atoms with Crippen LogP contribution < -0.4 is 4.74 Å². The number of hydrogen-bond donors (Lipinski definition) is 1. The van der Waals surface area contributed by atoms with Gasteiger partial charge in [0.2, 0.25) is 0 Å². The van der Waals surface area contributed by atoms with Gasteiger partial charge in [0.05, 0.1) is 13.3 Å². The number of hydrogen-bond acceptors (Lipinski definition) is 4. The van der Waals surface area contributed by atoms with Crippen molar-refractivity contribution in [2.45, 2.75) is 6.54 Å². The third-order valence-corrected chi connectivity index (χ3v) is 3.25. The molecule has 1 N–H and O–H groups in total. The molecule has 0 aliphatic heterocycles. The Balaban J connectivity index is 2.09. The molecule has 0 unspecified atom stereocenters. The van der Waals surface area contributed by atoms with Crippen molar-refractivity contribution in [1.29, 1.82) is 0 Å². The van der Waals surface area contributed by atoms with E-state index in [1.165, 1.54) is 11.3 Å². The molecule has 6 heteroatoms. The molecule has 0 spiro atoms. The van der Waals surface area contributed by atoms with Gasteiger partial charge >= 0.3 is 0 Å². The van der Waals surface area contributed by atoms with E-state index in [0.29, 0.717) is 17.2 Å². The summed E-state index contributed by atoms with van der Waals surface area (Å²) in [7, 11) is 3.32. The van der Waals surface area contributed by atoms with Crippen LogP contribution in [0, 0.1) is 0 Å². The lowest BCUT2D eigenvalue weighted by Crippen LogP contribution is -2.25. The van der Waals surface area contributed by atoms with Crippen molar-refractivity contribution in [3.63, 3.8) is 0 Å². The Morgan fingerprint density at radius 1 is 1.65 bits per heavy atom. The van der Waals surface area contributed by atoms with Crippen LogP contribution in [0.5, 0.6) is 5.75 Å². The second-order valence-corrected chi connectivity index (χ2v) is 4.50. The molecule has 0 aliphatic carbocycles. The fourth-order valence-corrected chi connectivity index (χ4v) is 2.35. The normalized spacial score (nSPS) is 10.2. The molecule has 0 aromatic carbocycles. The Morgan fingerprint density at radius 3 is 3.12 bits per heavy atom. The molecule has 1 amide bonds. The molecule has 2 rings (SSSR count). The van der Waals surface area contributed by atoms with Crippen molar-refractivity contribution in [1.82, 2.24) is 15.1 Å². The zero-order valence-corrected chi connectivity index (χ0v) is 10.5. The number of ether oxygens (including phenoxy) is 1. The summed E-state index contributed by atoms with van der Waals surface area (Å²) in [6.07, 6.45) is 3.48. The number of rotatable bonds is 4. The van der Waals surface area contributed by atoms with E-state index < -0.39 is 0 Å². The number of carbonyl (C=O) groups excluding carboxylic acids is 1. The first-order valence-corrected chi connectivity index (χ1v) is 5.95. The molecule has 0 atom stereocenters. The lowest BCUT2D eigenvalue weighted by atomic mass is 10.3. The van der Waals surface area contributed by atoms with Crippen LogP contribution in [0.3, 0.4) is 0 Å². The minimum Gasteiger partial charge on any atom is -0.495 e. The maximum Gasteiger partial charge on any atom is 0.267 e. The maximum atomic E-state index is 12.1. The summed E-state index contributed by atoms with van der Waals surface area (Å²) in [5, 5.41) is 8.41. The molecule has 0 radical (unpaired) electrons. The number of aromatic amines is 1. The molecule has 0 bridgehead atoms. The van der Waals surface area contributed by atoms with Gasteiger partial charge in [0.25, 0.3) is 5.91 Å². The van der Waals surface area contributed by atoms with Crippen molar-refractivity contribution in [3.8, 4) is 5.75 Å². The van der Waals surface area contributed by atoms with E-state index in [9.17, 15) is 4.79 Å². The Bertz CT molecular complexity index is 493. The maximum absolute atomic E-state index is 12.1. The highest BCUT2D eigenvalue weighted by molar-refractivity contribution is 7.12. The van der Waals surface area contributed by atoms with Gasteiger partial charge in [-0.2, -0.15) is 5.10 Å². The van der Waals surface area contributed by atoms with Crippen molar-refractivity contribution in [2.75, 3.05) is 14.2 Å². The Hall–Kier alpha value is -1.82. The van der Waals surface area contributed by atoms with Gasteiger partial charge in [-0.3, -0.25) is 9.89 Å².